The number of carbonyl (C=O) groups excluding carboxylic acids is 1. The molecule has 3 heterocycles. The van der Waals surface area contributed by atoms with Crippen LogP contribution in [0.4, 0.5) is 10.5 Å². The SMILES string of the molecule is O=C(NCC[C@@H]1CCCCO1)N1CCN(c2ccncc2)CC1. The first-order chi connectivity index (χ1) is 11.3. The van der Waals surface area contributed by atoms with E-state index in [0.717, 1.165) is 45.6 Å². The summed E-state index contributed by atoms with van der Waals surface area (Å²) in [7, 11) is 0. The number of anilines is 1. The second kappa shape index (κ2) is 8.15. The zero-order valence-corrected chi connectivity index (χ0v) is 13.6. The highest BCUT2D eigenvalue weighted by Gasteiger charge is 2.21. The van der Waals surface area contributed by atoms with E-state index in [9.17, 15) is 4.79 Å². The van der Waals surface area contributed by atoms with Crippen molar-refractivity contribution in [1.29, 1.82) is 0 Å². The first-order valence-corrected chi connectivity index (χ1v) is 8.62. The van der Waals surface area contributed by atoms with E-state index >= 15 is 0 Å². The van der Waals surface area contributed by atoms with Crippen molar-refractivity contribution in [3.8, 4) is 0 Å². The average Bonchev–Trinajstić information content (AvgIpc) is 2.63. The summed E-state index contributed by atoms with van der Waals surface area (Å²) in [5.41, 5.74) is 1.18. The van der Waals surface area contributed by atoms with Crippen molar-refractivity contribution >= 4 is 11.7 Å². The molecule has 2 amide bonds. The van der Waals surface area contributed by atoms with Crippen molar-refractivity contribution in [3.05, 3.63) is 24.5 Å². The Bertz CT molecular complexity index is 483. The number of rotatable bonds is 4. The lowest BCUT2D eigenvalue weighted by Crippen LogP contribution is -2.52. The monoisotopic (exact) mass is 318 g/mol. The van der Waals surface area contributed by atoms with Gasteiger partial charge in [0, 0.05) is 57.4 Å². The second-order valence-corrected chi connectivity index (χ2v) is 6.19. The van der Waals surface area contributed by atoms with Gasteiger partial charge in [0.25, 0.3) is 0 Å². The van der Waals surface area contributed by atoms with Crippen LogP contribution < -0.4 is 10.2 Å². The molecule has 23 heavy (non-hydrogen) atoms. The van der Waals surface area contributed by atoms with Crippen LogP contribution >= 0.6 is 0 Å². The Hall–Kier alpha value is -1.82. The molecule has 0 radical (unpaired) electrons. The lowest BCUT2D eigenvalue weighted by Gasteiger charge is -2.36. The van der Waals surface area contributed by atoms with Gasteiger partial charge in [0.2, 0.25) is 0 Å². The molecule has 2 fully saturated rings. The highest BCUT2D eigenvalue weighted by Crippen LogP contribution is 2.16. The van der Waals surface area contributed by atoms with Crippen molar-refractivity contribution < 1.29 is 9.53 Å². The Morgan fingerprint density at radius 2 is 2.00 bits per heavy atom. The van der Waals surface area contributed by atoms with E-state index in [0.29, 0.717) is 12.6 Å². The number of amides is 2. The lowest BCUT2D eigenvalue weighted by molar-refractivity contribution is 0.0118. The predicted octanol–water partition coefficient (Wildman–Crippen LogP) is 1.87. The van der Waals surface area contributed by atoms with Crippen LogP contribution in [0, 0.1) is 0 Å². The third-order valence-electron chi connectivity index (χ3n) is 4.61. The molecule has 0 aromatic carbocycles. The maximum absolute atomic E-state index is 12.2. The van der Waals surface area contributed by atoms with Crippen LogP contribution in [-0.4, -0.2) is 61.3 Å². The lowest BCUT2D eigenvalue weighted by atomic mass is 10.1. The molecular formula is C17H26N4O2. The van der Waals surface area contributed by atoms with Crippen LogP contribution in [0.25, 0.3) is 0 Å². The summed E-state index contributed by atoms with van der Waals surface area (Å²) in [6, 6.07) is 4.08. The molecule has 0 spiro atoms. The van der Waals surface area contributed by atoms with Crippen molar-refractivity contribution in [2.75, 3.05) is 44.2 Å². The number of carbonyl (C=O) groups is 1. The van der Waals surface area contributed by atoms with E-state index < -0.39 is 0 Å². The molecule has 1 atom stereocenters. The van der Waals surface area contributed by atoms with Crippen molar-refractivity contribution in [2.45, 2.75) is 31.8 Å². The fourth-order valence-corrected chi connectivity index (χ4v) is 3.21. The van der Waals surface area contributed by atoms with Crippen LogP contribution in [0.2, 0.25) is 0 Å². The highest BCUT2D eigenvalue weighted by molar-refractivity contribution is 5.74. The fourth-order valence-electron chi connectivity index (χ4n) is 3.21. The number of piperazine rings is 1. The summed E-state index contributed by atoms with van der Waals surface area (Å²) in [5.74, 6) is 0. The summed E-state index contributed by atoms with van der Waals surface area (Å²) in [6.07, 6.45) is 8.40. The molecule has 0 unspecified atom stereocenters. The molecule has 6 heteroatoms. The summed E-state index contributed by atoms with van der Waals surface area (Å²) in [5, 5.41) is 3.03. The maximum atomic E-state index is 12.2. The molecule has 2 aliphatic heterocycles. The summed E-state index contributed by atoms with van der Waals surface area (Å²) < 4.78 is 5.69. The predicted molar refractivity (Wildman–Crippen MR) is 89.6 cm³/mol. The standard InChI is InChI=1S/C17H26N4O2/c22-17(19-9-6-16-3-1-2-14-23-16)21-12-10-20(11-13-21)15-4-7-18-8-5-15/h4-5,7-8,16H,1-3,6,9-14H2,(H,19,22)/t16-/m0/s1. The van der Waals surface area contributed by atoms with E-state index in [-0.39, 0.29) is 6.03 Å². The first kappa shape index (κ1) is 16.1. The zero-order chi connectivity index (χ0) is 15.9. The highest BCUT2D eigenvalue weighted by atomic mass is 16.5. The van der Waals surface area contributed by atoms with Crippen LogP contribution in [-0.2, 0) is 4.74 Å². The minimum atomic E-state index is 0.0511. The molecule has 0 bridgehead atoms. The third-order valence-corrected chi connectivity index (χ3v) is 4.61. The fraction of sp³-hybridized carbons (Fsp3) is 0.647. The van der Waals surface area contributed by atoms with E-state index in [1.54, 1.807) is 0 Å². The number of ether oxygens (including phenoxy) is 1. The number of nitrogens with one attached hydrogen (secondary N) is 1. The number of hydrogen-bond acceptors (Lipinski definition) is 4. The van der Waals surface area contributed by atoms with Gasteiger partial charge in [0.15, 0.2) is 0 Å². The largest absolute Gasteiger partial charge is 0.378 e. The van der Waals surface area contributed by atoms with Gasteiger partial charge in [-0.25, -0.2) is 4.79 Å². The van der Waals surface area contributed by atoms with Crippen LogP contribution in [0.5, 0.6) is 0 Å². The molecule has 6 nitrogen and oxygen atoms in total. The minimum Gasteiger partial charge on any atom is -0.378 e. The van der Waals surface area contributed by atoms with Crippen LogP contribution in [0.3, 0.4) is 0 Å². The number of nitrogens with zero attached hydrogens (tertiary/aromatic N) is 3. The van der Waals surface area contributed by atoms with Gasteiger partial charge in [0.05, 0.1) is 6.10 Å². The Balaban J connectivity index is 1.36. The number of hydrogen-bond donors (Lipinski definition) is 1. The minimum absolute atomic E-state index is 0.0511. The van der Waals surface area contributed by atoms with Gasteiger partial charge in [-0.2, -0.15) is 0 Å². The van der Waals surface area contributed by atoms with E-state index in [4.69, 9.17) is 4.74 Å². The first-order valence-electron chi connectivity index (χ1n) is 8.62. The van der Waals surface area contributed by atoms with E-state index in [1.165, 1.54) is 18.5 Å². The van der Waals surface area contributed by atoms with Gasteiger partial charge < -0.3 is 19.9 Å². The molecule has 1 aromatic rings. The Kier molecular flexibility index (Phi) is 5.69. The Morgan fingerprint density at radius 1 is 1.22 bits per heavy atom. The molecule has 1 N–H and O–H groups in total. The van der Waals surface area contributed by atoms with Gasteiger partial charge in [-0.3, -0.25) is 4.98 Å². The van der Waals surface area contributed by atoms with Crippen LogP contribution in [0.1, 0.15) is 25.7 Å². The third kappa shape index (κ3) is 4.58. The molecule has 1 aromatic heterocycles. The molecular weight excluding hydrogens is 292 g/mol. The normalized spacial score (nSPS) is 22.0. The molecule has 2 aliphatic rings. The molecule has 3 rings (SSSR count). The topological polar surface area (TPSA) is 57.7 Å². The second-order valence-electron chi connectivity index (χ2n) is 6.19. The van der Waals surface area contributed by atoms with Gasteiger partial charge in [0.1, 0.15) is 0 Å². The molecule has 0 aliphatic carbocycles. The summed E-state index contributed by atoms with van der Waals surface area (Å²) in [6.45, 7) is 4.82. The van der Waals surface area contributed by atoms with Gasteiger partial charge in [-0.15, -0.1) is 0 Å². The molecule has 126 valence electrons. The van der Waals surface area contributed by atoms with Crippen molar-refractivity contribution in [1.82, 2.24) is 15.2 Å². The summed E-state index contributed by atoms with van der Waals surface area (Å²) >= 11 is 0. The molecule has 2 saturated heterocycles. The van der Waals surface area contributed by atoms with Crippen LogP contribution in [0.15, 0.2) is 24.5 Å². The average molecular weight is 318 g/mol. The van der Waals surface area contributed by atoms with Gasteiger partial charge in [-0.1, -0.05) is 0 Å². The zero-order valence-electron chi connectivity index (χ0n) is 13.6. The Morgan fingerprint density at radius 3 is 2.70 bits per heavy atom. The molecule has 0 saturated carbocycles. The van der Waals surface area contributed by atoms with Gasteiger partial charge >= 0.3 is 6.03 Å². The summed E-state index contributed by atoms with van der Waals surface area (Å²) in [4.78, 5) is 20.5. The van der Waals surface area contributed by atoms with Crippen molar-refractivity contribution in [3.63, 3.8) is 0 Å². The Labute approximate surface area is 137 Å². The van der Waals surface area contributed by atoms with E-state index in [1.807, 2.05) is 29.4 Å². The maximum Gasteiger partial charge on any atom is 0.317 e. The smallest absolute Gasteiger partial charge is 0.317 e. The number of urea groups is 1. The van der Waals surface area contributed by atoms with Crippen molar-refractivity contribution in [2.24, 2.45) is 0 Å². The number of pyridine rings is 1. The number of aromatic nitrogens is 1. The quantitative estimate of drug-likeness (QED) is 0.921. The van der Waals surface area contributed by atoms with E-state index in [2.05, 4.69) is 15.2 Å². The van der Waals surface area contributed by atoms with Gasteiger partial charge in [-0.05, 0) is 37.8 Å².